The van der Waals surface area contributed by atoms with Crippen molar-refractivity contribution in [3.8, 4) is 0 Å². The molecule has 0 amide bonds. The third-order valence-electron chi connectivity index (χ3n) is 10.9. The van der Waals surface area contributed by atoms with Crippen molar-refractivity contribution in [2.45, 2.75) is 104 Å². The zero-order valence-corrected chi connectivity index (χ0v) is 20.8. The van der Waals surface area contributed by atoms with Crippen molar-refractivity contribution in [2.75, 3.05) is 0 Å². The summed E-state index contributed by atoms with van der Waals surface area (Å²) in [6.07, 6.45) is 11.1. The first-order valence-electron chi connectivity index (χ1n) is 13.1. The average Bonchev–Trinajstić information content (AvgIpc) is 2.99. The van der Waals surface area contributed by atoms with E-state index in [0.29, 0.717) is 29.6 Å². The molecule has 3 fully saturated rings. The van der Waals surface area contributed by atoms with Gasteiger partial charge in [-0.05, 0) is 86.0 Å². The second-order valence-electron chi connectivity index (χ2n) is 12.6. The fourth-order valence-electron chi connectivity index (χ4n) is 8.92. The van der Waals surface area contributed by atoms with Crippen molar-refractivity contribution in [1.29, 1.82) is 0 Å². The summed E-state index contributed by atoms with van der Waals surface area (Å²) in [6, 6.07) is 0. The lowest BCUT2D eigenvalue weighted by atomic mass is 9.44. The molecule has 0 spiro atoms. The molecule has 0 heterocycles. The first-order chi connectivity index (χ1) is 14.9. The third-order valence-corrected chi connectivity index (χ3v) is 10.9. The first-order valence-corrected chi connectivity index (χ1v) is 13.1. The van der Waals surface area contributed by atoms with Crippen LogP contribution in [0.1, 0.15) is 98.8 Å². The van der Waals surface area contributed by atoms with Crippen LogP contribution in [0.3, 0.4) is 0 Å². The summed E-state index contributed by atoms with van der Waals surface area (Å²) in [4.78, 5) is 24.5. The van der Waals surface area contributed by atoms with Crippen LogP contribution in [-0.4, -0.2) is 27.6 Å². The van der Waals surface area contributed by atoms with Gasteiger partial charge < -0.3 is 10.2 Å². The number of hydrogen-bond acceptors (Lipinski definition) is 3. The minimum absolute atomic E-state index is 0.0190. The molecule has 4 rings (SSSR count). The molecule has 180 valence electrons. The summed E-state index contributed by atoms with van der Waals surface area (Å²) in [5.41, 5.74) is -0.0492. The second kappa shape index (κ2) is 8.25. The Labute approximate surface area is 194 Å². The van der Waals surface area contributed by atoms with Crippen LogP contribution < -0.4 is 0 Å². The fraction of sp³-hybridized carbons (Fsp3) is 0.857. The molecule has 4 heteroatoms. The fourth-order valence-corrected chi connectivity index (χ4v) is 8.92. The van der Waals surface area contributed by atoms with Gasteiger partial charge in [0.25, 0.3) is 0 Å². The van der Waals surface area contributed by atoms with Gasteiger partial charge in [0.05, 0.1) is 11.5 Å². The average molecular weight is 445 g/mol. The van der Waals surface area contributed by atoms with Crippen LogP contribution in [-0.2, 0) is 9.59 Å². The lowest BCUT2D eigenvalue weighted by Gasteiger charge is -2.61. The van der Waals surface area contributed by atoms with Crippen molar-refractivity contribution in [1.82, 2.24) is 0 Å². The second-order valence-corrected chi connectivity index (χ2v) is 12.6. The lowest BCUT2D eigenvalue weighted by molar-refractivity contribution is -0.167. The van der Waals surface area contributed by atoms with Crippen molar-refractivity contribution in [2.24, 2.45) is 46.3 Å². The van der Waals surface area contributed by atoms with E-state index >= 15 is 0 Å². The Bertz CT molecular complexity index is 799. The number of rotatable bonds is 6. The van der Waals surface area contributed by atoms with E-state index in [1.165, 1.54) is 12.8 Å². The first kappa shape index (κ1) is 24.0. The van der Waals surface area contributed by atoms with Gasteiger partial charge in [0.15, 0.2) is 5.78 Å². The summed E-state index contributed by atoms with van der Waals surface area (Å²) < 4.78 is 0. The number of aliphatic hydroxyl groups is 1. The van der Waals surface area contributed by atoms with Gasteiger partial charge in [0, 0.05) is 11.8 Å². The van der Waals surface area contributed by atoms with Gasteiger partial charge in [0.1, 0.15) is 0 Å². The van der Waals surface area contributed by atoms with E-state index in [1.807, 2.05) is 0 Å². The number of ketones is 1. The minimum Gasteiger partial charge on any atom is -0.481 e. The van der Waals surface area contributed by atoms with Gasteiger partial charge in [0.2, 0.25) is 0 Å². The quantitative estimate of drug-likeness (QED) is 0.525. The number of carboxylic acid groups (broad SMARTS) is 1. The zero-order chi connectivity index (χ0) is 23.5. The van der Waals surface area contributed by atoms with Crippen LogP contribution in [0.15, 0.2) is 11.6 Å². The molecule has 4 aliphatic rings. The summed E-state index contributed by atoms with van der Waals surface area (Å²) in [7, 11) is 0. The molecule has 0 aromatic rings. The van der Waals surface area contributed by atoms with Crippen LogP contribution in [0.25, 0.3) is 0 Å². The number of hydrogen-bond donors (Lipinski definition) is 2. The van der Waals surface area contributed by atoms with E-state index < -0.39 is 22.9 Å². The highest BCUT2D eigenvalue weighted by atomic mass is 16.4. The van der Waals surface area contributed by atoms with E-state index in [1.54, 1.807) is 6.08 Å². The number of allylic oxidation sites excluding steroid dienone is 1. The Hall–Kier alpha value is -1.16. The molecule has 0 saturated heterocycles. The summed E-state index contributed by atoms with van der Waals surface area (Å²) >= 11 is 0. The molecule has 0 aliphatic heterocycles. The topological polar surface area (TPSA) is 74.6 Å². The monoisotopic (exact) mass is 444 g/mol. The van der Waals surface area contributed by atoms with E-state index in [0.717, 1.165) is 50.5 Å². The van der Waals surface area contributed by atoms with Gasteiger partial charge in [-0.3, -0.25) is 9.59 Å². The third kappa shape index (κ3) is 3.42. The van der Waals surface area contributed by atoms with Crippen LogP contribution in [0, 0.1) is 46.3 Å². The summed E-state index contributed by atoms with van der Waals surface area (Å²) in [5, 5.41) is 22.1. The van der Waals surface area contributed by atoms with Crippen LogP contribution in [0.2, 0.25) is 0 Å². The molecule has 32 heavy (non-hydrogen) atoms. The van der Waals surface area contributed by atoms with E-state index in [9.17, 15) is 19.8 Å². The van der Waals surface area contributed by atoms with Gasteiger partial charge in [-0.2, -0.15) is 0 Å². The maximum Gasteiger partial charge on any atom is 0.307 e. The van der Waals surface area contributed by atoms with Crippen molar-refractivity contribution >= 4 is 11.8 Å². The van der Waals surface area contributed by atoms with Crippen LogP contribution in [0.4, 0.5) is 0 Å². The lowest BCUT2D eigenvalue weighted by Crippen LogP contribution is -2.58. The molecule has 1 unspecified atom stereocenters. The highest BCUT2D eigenvalue weighted by Crippen LogP contribution is 2.69. The maximum atomic E-state index is 12.3. The highest BCUT2D eigenvalue weighted by molar-refractivity contribution is 5.95. The SMILES string of the molecule is CC(C)CCC[C@@H](C)[C@@]1(O)CC[C@H]2[C@@H]3CCC4=CC(=O)CC(C(=O)O)[C@]4(C)[C@H]3CC[C@@]21C. The molecule has 3 saturated carbocycles. The molecule has 0 aromatic carbocycles. The van der Waals surface area contributed by atoms with Gasteiger partial charge in [-0.15, -0.1) is 0 Å². The smallest absolute Gasteiger partial charge is 0.307 e. The van der Waals surface area contributed by atoms with Crippen LogP contribution in [0.5, 0.6) is 0 Å². The molecular weight excluding hydrogens is 400 g/mol. The number of carbonyl (C=O) groups excluding carboxylic acids is 1. The summed E-state index contributed by atoms with van der Waals surface area (Å²) in [6.45, 7) is 11.3. The van der Waals surface area contributed by atoms with Gasteiger partial charge in [-0.1, -0.05) is 53.0 Å². The minimum atomic E-state index is -0.817. The molecular formula is C28H44O4. The van der Waals surface area contributed by atoms with Gasteiger partial charge in [-0.25, -0.2) is 0 Å². The maximum absolute atomic E-state index is 12.3. The van der Waals surface area contributed by atoms with Crippen molar-refractivity contribution in [3.05, 3.63) is 11.6 Å². The van der Waals surface area contributed by atoms with E-state index in [4.69, 9.17) is 0 Å². The normalized spacial score (nSPS) is 44.5. The predicted molar refractivity (Wildman–Crippen MR) is 126 cm³/mol. The standard InChI is InChI=1S/C28H44O4/c1-17(2)7-6-8-18(3)28(32)14-12-22-21-10-9-19-15-20(29)16-24(25(30)31)27(19,5)23(21)11-13-26(22,28)4/h15,17-18,21-24,32H,6-14,16H2,1-5H3,(H,30,31)/t18-,21+,22+,23+,24?,26+,27+,28+/m1/s1. The summed E-state index contributed by atoms with van der Waals surface area (Å²) in [5.74, 6) is 0.745. The molecule has 4 nitrogen and oxygen atoms in total. The van der Waals surface area contributed by atoms with E-state index in [2.05, 4.69) is 34.6 Å². The predicted octanol–water partition coefficient (Wildman–Crippen LogP) is 6.02. The highest BCUT2D eigenvalue weighted by Gasteiger charge is 2.66. The Morgan fingerprint density at radius 2 is 1.78 bits per heavy atom. The number of fused-ring (bicyclic) bond motifs is 5. The molecule has 0 bridgehead atoms. The molecule has 4 aliphatic carbocycles. The number of carboxylic acids is 1. The Kier molecular flexibility index (Phi) is 6.18. The van der Waals surface area contributed by atoms with Crippen molar-refractivity contribution < 1.29 is 19.8 Å². The molecule has 2 N–H and O–H groups in total. The zero-order valence-electron chi connectivity index (χ0n) is 20.8. The van der Waals surface area contributed by atoms with Crippen LogP contribution >= 0.6 is 0 Å². The largest absolute Gasteiger partial charge is 0.481 e. The molecule has 0 aromatic heterocycles. The number of aliphatic carboxylic acids is 1. The van der Waals surface area contributed by atoms with E-state index in [-0.39, 0.29) is 17.6 Å². The molecule has 8 atom stereocenters. The van der Waals surface area contributed by atoms with Crippen molar-refractivity contribution in [3.63, 3.8) is 0 Å². The Balaban J connectivity index is 1.60. The number of carbonyl (C=O) groups is 2. The Morgan fingerprint density at radius 1 is 1.09 bits per heavy atom. The van der Waals surface area contributed by atoms with Gasteiger partial charge >= 0.3 is 5.97 Å². The molecule has 0 radical (unpaired) electrons. The Morgan fingerprint density at radius 3 is 2.44 bits per heavy atom.